The molecule has 2 aromatic carbocycles. The van der Waals surface area contributed by atoms with E-state index in [2.05, 4.69) is 43.4 Å². The molecule has 12 nitrogen and oxygen atoms in total. The molecular formula is C43H61N7O5. The van der Waals surface area contributed by atoms with Gasteiger partial charge in [-0.3, -0.25) is 34.1 Å². The number of anilines is 2. The van der Waals surface area contributed by atoms with Crippen molar-refractivity contribution < 1.29 is 24.3 Å². The molecule has 3 aliphatic rings. The van der Waals surface area contributed by atoms with Crippen LogP contribution in [0.25, 0.3) is 10.9 Å². The lowest BCUT2D eigenvalue weighted by Gasteiger charge is -2.47. The maximum absolute atomic E-state index is 13.3. The van der Waals surface area contributed by atoms with Crippen LogP contribution in [-0.4, -0.2) is 95.1 Å². The number of aliphatic hydroxyl groups is 1. The fourth-order valence-electron chi connectivity index (χ4n) is 9.27. The highest BCUT2D eigenvalue weighted by Crippen LogP contribution is 2.47. The second kappa shape index (κ2) is 17.2. The SMILES string of the molecule is CNc1cc2cn(C3CCN(CCC4CCC5(CC4)CCN(c4ccc(C(=O)N(C=O)C(C)CCC(=O)NC=O)c(C)c4)CC5)CC3)nc2cc1C(C)(C)O. The minimum atomic E-state index is -0.939. The van der Waals surface area contributed by atoms with Crippen molar-refractivity contribution in [3.63, 3.8) is 0 Å². The molecule has 0 radical (unpaired) electrons. The highest BCUT2D eigenvalue weighted by atomic mass is 16.3. The molecule has 4 amide bonds. The van der Waals surface area contributed by atoms with Crippen molar-refractivity contribution in [1.29, 1.82) is 0 Å². The van der Waals surface area contributed by atoms with E-state index in [1.54, 1.807) is 6.92 Å². The van der Waals surface area contributed by atoms with Gasteiger partial charge in [-0.2, -0.15) is 5.10 Å². The zero-order valence-corrected chi connectivity index (χ0v) is 33.5. The topological polar surface area (TPSA) is 140 Å². The third kappa shape index (κ3) is 9.40. The van der Waals surface area contributed by atoms with Gasteiger partial charge in [0.05, 0.1) is 17.2 Å². The predicted molar refractivity (Wildman–Crippen MR) is 216 cm³/mol. The minimum Gasteiger partial charge on any atom is -0.388 e. The average Bonchev–Trinajstić information content (AvgIpc) is 3.60. The number of fused-ring (bicyclic) bond motifs is 1. The van der Waals surface area contributed by atoms with E-state index in [-0.39, 0.29) is 18.7 Å². The van der Waals surface area contributed by atoms with Crippen molar-refractivity contribution in [2.24, 2.45) is 11.3 Å². The Balaban J connectivity index is 0.929. The van der Waals surface area contributed by atoms with Crippen LogP contribution in [0.3, 0.4) is 0 Å². The first-order valence-electron chi connectivity index (χ1n) is 20.4. The van der Waals surface area contributed by atoms with E-state index in [9.17, 15) is 24.3 Å². The van der Waals surface area contributed by atoms with Crippen molar-refractivity contribution in [3.05, 3.63) is 53.2 Å². The fraction of sp³-hybridized carbons (Fsp3) is 0.605. The number of aryl methyl sites for hydroxylation is 1. The number of benzene rings is 2. The zero-order chi connectivity index (χ0) is 39.3. The van der Waals surface area contributed by atoms with Crippen LogP contribution in [-0.2, 0) is 20.0 Å². The summed E-state index contributed by atoms with van der Waals surface area (Å²) < 4.78 is 2.16. The predicted octanol–water partition coefficient (Wildman–Crippen LogP) is 6.16. The van der Waals surface area contributed by atoms with Crippen molar-refractivity contribution >= 4 is 46.9 Å². The van der Waals surface area contributed by atoms with Gasteiger partial charge in [-0.25, -0.2) is 0 Å². The molecule has 1 atom stereocenters. The first kappa shape index (κ1) is 40.4. The Bertz CT molecular complexity index is 1820. The Morgan fingerprint density at radius 3 is 2.36 bits per heavy atom. The van der Waals surface area contributed by atoms with E-state index < -0.39 is 17.6 Å². The van der Waals surface area contributed by atoms with Crippen LogP contribution >= 0.6 is 0 Å². The van der Waals surface area contributed by atoms with Gasteiger partial charge in [-0.15, -0.1) is 0 Å². The number of hydrogen-bond acceptors (Lipinski definition) is 9. The molecular weight excluding hydrogens is 695 g/mol. The molecule has 55 heavy (non-hydrogen) atoms. The Kier molecular flexibility index (Phi) is 12.7. The molecule has 1 aromatic heterocycles. The minimum absolute atomic E-state index is 0.0460. The van der Waals surface area contributed by atoms with Gasteiger partial charge in [0.2, 0.25) is 18.7 Å². The van der Waals surface area contributed by atoms with Crippen LogP contribution in [0, 0.1) is 18.3 Å². The number of carbonyl (C=O) groups is 4. The van der Waals surface area contributed by atoms with Crippen LogP contribution in [0.15, 0.2) is 36.5 Å². The molecule has 1 saturated carbocycles. The maximum Gasteiger partial charge on any atom is 0.260 e. The van der Waals surface area contributed by atoms with E-state index in [0.29, 0.717) is 29.8 Å². The Hall–Kier alpha value is -4.29. The number of likely N-dealkylation sites (tertiary alicyclic amines) is 1. The number of piperidine rings is 2. The average molecular weight is 756 g/mol. The molecule has 1 unspecified atom stereocenters. The van der Waals surface area contributed by atoms with E-state index in [1.807, 2.05) is 46.0 Å². The number of nitrogens with zero attached hydrogens (tertiary/aromatic N) is 5. The lowest BCUT2D eigenvalue weighted by Crippen LogP contribution is -2.42. The highest BCUT2D eigenvalue weighted by Gasteiger charge is 2.38. The molecule has 0 bridgehead atoms. The summed E-state index contributed by atoms with van der Waals surface area (Å²) in [6.07, 6.45) is 14.5. The maximum atomic E-state index is 13.3. The Morgan fingerprint density at radius 1 is 1.04 bits per heavy atom. The van der Waals surface area contributed by atoms with E-state index >= 15 is 0 Å². The zero-order valence-electron chi connectivity index (χ0n) is 33.5. The molecule has 3 aromatic rings. The molecule has 3 N–H and O–H groups in total. The van der Waals surface area contributed by atoms with Crippen LogP contribution in [0.4, 0.5) is 11.4 Å². The van der Waals surface area contributed by atoms with Gasteiger partial charge in [0, 0.05) is 79.8 Å². The third-order valence-corrected chi connectivity index (χ3v) is 13.0. The summed E-state index contributed by atoms with van der Waals surface area (Å²) >= 11 is 0. The summed E-state index contributed by atoms with van der Waals surface area (Å²) in [7, 11) is 1.89. The number of imide groups is 2. The quantitative estimate of drug-likeness (QED) is 0.165. The summed E-state index contributed by atoms with van der Waals surface area (Å²) in [5, 5.41) is 22.1. The fourth-order valence-corrected chi connectivity index (χ4v) is 9.27. The molecule has 3 fully saturated rings. The van der Waals surface area contributed by atoms with Crippen LogP contribution in [0.1, 0.15) is 119 Å². The van der Waals surface area contributed by atoms with Crippen LogP contribution in [0.5, 0.6) is 0 Å². The number of aromatic nitrogens is 2. The summed E-state index contributed by atoms with van der Waals surface area (Å²) in [5.41, 5.74) is 4.66. The second-order valence-electron chi connectivity index (χ2n) is 17.1. The van der Waals surface area contributed by atoms with Gasteiger partial charge in [-0.1, -0.05) is 0 Å². The van der Waals surface area contributed by atoms with E-state index in [0.717, 1.165) is 83.2 Å². The lowest BCUT2D eigenvalue weighted by atomic mass is 9.65. The van der Waals surface area contributed by atoms with Gasteiger partial charge in [0.1, 0.15) is 0 Å². The van der Waals surface area contributed by atoms with Gasteiger partial charge >= 0.3 is 0 Å². The summed E-state index contributed by atoms with van der Waals surface area (Å²) in [6, 6.07) is 9.92. The van der Waals surface area contributed by atoms with Gasteiger partial charge in [0.15, 0.2) is 0 Å². The van der Waals surface area contributed by atoms with Crippen LogP contribution in [0.2, 0.25) is 0 Å². The normalized spacial score (nSPS) is 19.0. The van der Waals surface area contributed by atoms with Crippen molar-refractivity contribution in [1.82, 2.24) is 24.9 Å². The Labute approximate surface area is 326 Å². The van der Waals surface area contributed by atoms with E-state index in [4.69, 9.17) is 5.10 Å². The molecule has 298 valence electrons. The Morgan fingerprint density at radius 2 is 1.75 bits per heavy atom. The molecule has 12 heteroatoms. The number of amides is 4. The highest BCUT2D eigenvalue weighted by molar-refractivity contribution is 6.01. The number of rotatable bonds is 14. The summed E-state index contributed by atoms with van der Waals surface area (Å²) in [5.74, 6) is -0.0108. The number of hydrogen-bond donors (Lipinski definition) is 3. The second-order valence-corrected chi connectivity index (χ2v) is 17.1. The summed E-state index contributed by atoms with van der Waals surface area (Å²) in [4.78, 5) is 53.6. The van der Waals surface area contributed by atoms with E-state index in [1.165, 1.54) is 51.5 Å². The van der Waals surface area contributed by atoms with Crippen molar-refractivity contribution in [3.8, 4) is 0 Å². The largest absolute Gasteiger partial charge is 0.388 e. The number of nitrogens with one attached hydrogen (secondary N) is 2. The van der Waals surface area contributed by atoms with Gasteiger partial charge < -0.3 is 20.2 Å². The third-order valence-electron chi connectivity index (χ3n) is 13.0. The van der Waals surface area contributed by atoms with Crippen LogP contribution < -0.4 is 15.5 Å². The molecule has 2 aliphatic heterocycles. The van der Waals surface area contributed by atoms with Crippen molar-refractivity contribution in [2.75, 3.05) is 50.0 Å². The molecule has 1 spiro atoms. The standard InChI is InChI=1S/C43H61N7O5/c1-30-24-35(7-8-36(30)41(54)49(29-52)31(2)6-9-40(53)45-28-51)48-22-17-43(18-23-48)15-10-32(11-16-43)12-19-47-20-13-34(14-21-47)50-27-33-25-39(44-5)37(42(3,4)55)26-38(33)46-50/h7-8,24-29,31-32,34,44,55H,6,9-23H2,1-5H3,(H,45,51,53). The number of carbonyl (C=O) groups excluding carboxylic acids is 4. The first-order valence-corrected chi connectivity index (χ1v) is 20.4. The molecule has 2 saturated heterocycles. The monoisotopic (exact) mass is 755 g/mol. The first-order chi connectivity index (χ1) is 26.3. The lowest BCUT2D eigenvalue weighted by molar-refractivity contribution is -0.126. The van der Waals surface area contributed by atoms with Gasteiger partial charge in [0.25, 0.3) is 5.91 Å². The summed E-state index contributed by atoms with van der Waals surface area (Å²) in [6.45, 7) is 12.7. The molecule has 3 heterocycles. The smallest absolute Gasteiger partial charge is 0.260 e. The van der Waals surface area contributed by atoms with Gasteiger partial charge in [-0.05, 0) is 146 Å². The molecule has 1 aliphatic carbocycles. The molecule has 6 rings (SSSR count). The van der Waals surface area contributed by atoms with Crippen molar-refractivity contribution in [2.45, 2.75) is 116 Å².